The molecule has 0 aliphatic heterocycles. The van der Waals surface area contributed by atoms with Crippen LogP contribution in [-0.2, 0) is 12.0 Å². The summed E-state index contributed by atoms with van der Waals surface area (Å²) in [7, 11) is 0. The molecule has 0 aliphatic carbocycles. The quantitative estimate of drug-likeness (QED) is 0.533. The van der Waals surface area contributed by atoms with E-state index in [0.717, 1.165) is 29.4 Å². The number of nitrogens with one attached hydrogen (secondary N) is 2. The van der Waals surface area contributed by atoms with E-state index in [1.165, 1.54) is 12.1 Å². The molecule has 1 heterocycles. The Balaban J connectivity index is 1.83. The van der Waals surface area contributed by atoms with Crippen LogP contribution in [0, 0.1) is 12.7 Å². The lowest BCUT2D eigenvalue weighted by Gasteiger charge is -2.19. The fourth-order valence-electron chi connectivity index (χ4n) is 2.90. The molecule has 2 aromatic carbocycles. The highest BCUT2D eigenvalue weighted by atomic mass is 19.1. The summed E-state index contributed by atoms with van der Waals surface area (Å²) in [5.41, 5.74) is 2.96. The Labute approximate surface area is 175 Å². The van der Waals surface area contributed by atoms with Gasteiger partial charge in [-0.1, -0.05) is 38.5 Å². The third kappa shape index (κ3) is 4.79. The van der Waals surface area contributed by atoms with Crippen LogP contribution in [0.25, 0.3) is 5.69 Å². The highest BCUT2D eigenvalue weighted by molar-refractivity contribution is 5.88. The maximum Gasteiger partial charge on any atom is 0.320 e. The minimum absolute atomic E-state index is 0.0125. The van der Waals surface area contributed by atoms with Crippen LogP contribution < -0.4 is 10.6 Å². The SMILES string of the molecule is CCC(C)(C)c1cc(NC(=O)NCc2cc(F)ccc2O)n(-c2ccc(C)cc2)n1. The van der Waals surface area contributed by atoms with Crippen molar-refractivity contribution in [2.45, 2.75) is 46.1 Å². The normalized spacial score (nSPS) is 11.4. The molecule has 3 rings (SSSR count). The van der Waals surface area contributed by atoms with Gasteiger partial charge in [-0.15, -0.1) is 0 Å². The van der Waals surface area contributed by atoms with Gasteiger partial charge in [0.1, 0.15) is 17.4 Å². The van der Waals surface area contributed by atoms with Gasteiger partial charge in [0.15, 0.2) is 0 Å². The number of halogens is 1. The highest BCUT2D eigenvalue weighted by Gasteiger charge is 2.24. The first-order valence-corrected chi connectivity index (χ1v) is 9.89. The number of rotatable bonds is 6. The monoisotopic (exact) mass is 410 g/mol. The van der Waals surface area contributed by atoms with Gasteiger partial charge in [0, 0.05) is 23.6 Å². The highest BCUT2D eigenvalue weighted by Crippen LogP contribution is 2.29. The number of hydrogen-bond donors (Lipinski definition) is 3. The third-order valence-electron chi connectivity index (χ3n) is 5.29. The standard InChI is InChI=1S/C23H27FN4O2/c1-5-23(3,4)20-13-21(28(27-20)18-9-6-15(2)7-10-18)26-22(30)25-14-16-12-17(24)8-11-19(16)29/h6-13,29H,5,14H2,1-4H3,(H2,25,26,30). The molecule has 0 fully saturated rings. The zero-order chi connectivity index (χ0) is 21.9. The maximum absolute atomic E-state index is 13.4. The number of aromatic hydroxyl groups is 1. The van der Waals surface area contributed by atoms with Crippen molar-refractivity contribution in [2.75, 3.05) is 5.32 Å². The van der Waals surface area contributed by atoms with Crippen LogP contribution in [-0.4, -0.2) is 20.9 Å². The molecule has 7 heteroatoms. The van der Waals surface area contributed by atoms with Crippen molar-refractivity contribution in [1.29, 1.82) is 0 Å². The zero-order valence-electron chi connectivity index (χ0n) is 17.7. The van der Waals surface area contributed by atoms with Crippen molar-refractivity contribution in [1.82, 2.24) is 15.1 Å². The van der Waals surface area contributed by atoms with Crippen molar-refractivity contribution in [3.8, 4) is 11.4 Å². The number of amides is 2. The molecule has 6 nitrogen and oxygen atoms in total. The van der Waals surface area contributed by atoms with Gasteiger partial charge < -0.3 is 10.4 Å². The molecule has 0 aliphatic rings. The van der Waals surface area contributed by atoms with Crippen LogP contribution in [0.4, 0.5) is 15.0 Å². The average molecular weight is 410 g/mol. The van der Waals surface area contributed by atoms with E-state index in [4.69, 9.17) is 5.10 Å². The van der Waals surface area contributed by atoms with Gasteiger partial charge >= 0.3 is 6.03 Å². The number of nitrogens with zero attached hydrogens (tertiary/aromatic N) is 2. The summed E-state index contributed by atoms with van der Waals surface area (Å²) in [6, 6.07) is 12.9. The number of benzene rings is 2. The zero-order valence-corrected chi connectivity index (χ0v) is 17.7. The third-order valence-corrected chi connectivity index (χ3v) is 5.29. The van der Waals surface area contributed by atoms with Gasteiger partial charge in [-0.05, 0) is 43.7 Å². The van der Waals surface area contributed by atoms with Crippen LogP contribution in [0.3, 0.4) is 0 Å². The van der Waals surface area contributed by atoms with E-state index >= 15 is 0 Å². The Morgan fingerprint density at radius 3 is 2.53 bits per heavy atom. The molecular formula is C23H27FN4O2. The molecule has 0 saturated heterocycles. The number of aryl methyl sites for hydroxylation is 1. The Bertz CT molecular complexity index is 1040. The molecule has 0 bridgehead atoms. The summed E-state index contributed by atoms with van der Waals surface area (Å²) in [6.45, 7) is 8.29. The smallest absolute Gasteiger partial charge is 0.320 e. The number of hydrogen-bond acceptors (Lipinski definition) is 3. The number of phenols is 1. The molecule has 0 saturated carbocycles. The van der Waals surface area contributed by atoms with E-state index in [1.54, 1.807) is 4.68 Å². The van der Waals surface area contributed by atoms with E-state index in [0.29, 0.717) is 11.4 Å². The second-order valence-corrected chi connectivity index (χ2v) is 7.98. The van der Waals surface area contributed by atoms with Crippen LogP contribution in [0.15, 0.2) is 48.5 Å². The molecular weight excluding hydrogens is 383 g/mol. The van der Waals surface area contributed by atoms with Crippen molar-refractivity contribution < 1.29 is 14.3 Å². The summed E-state index contributed by atoms with van der Waals surface area (Å²) in [5.74, 6) is -0.0291. The van der Waals surface area contributed by atoms with E-state index < -0.39 is 11.8 Å². The first-order valence-electron chi connectivity index (χ1n) is 9.89. The minimum atomic E-state index is -0.479. The lowest BCUT2D eigenvalue weighted by Crippen LogP contribution is -2.29. The second-order valence-electron chi connectivity index (χ2n) is 7.98. The van der Waals surface area contributed by atoms with Crippen LogP contribution in [0.5, 0.6) is 5.75 Å². The fourth-order valence-corrected chi connectivity index (χ4v) is 2.90. The number of phenolic OH excluding ortho intramolecular Hbond substituents is 1. The lowest BCUT2D eigenvalue weighted by atomic mass is 9.87. The topological polar surface area (TPSA) is 79.2 Å². The summed E-state index contributed by atoms with van der Waals surface area (Å²) in [6.07, 6.45) is 0.891. The molecule has 30 heavy (non-hydrogen) atoms. The van der Waals surface area contributed by atoms with Gasteiger partial charge in [0.05, 0.1) is 11.4 Å². The number of carbonyl (C=O) groups excluding carboxylic acids is 1. The molecule has 158 valence electrons. The fraction of sp³-hybridized carbons (Fsp3) is 0.304. The van der Waals surface area contributed by atoms with Gasteiger partial charge in [-0.2, -0.15) is 5.10 Å². The summed E-state index contributed by atoms with van der Waals surface area (Å²) >= 11 is 0. The molecule has 0 radical (unpaired) electrons. The van der Waals surface area contributed by atoms with E-state index in [9.17, 15) is 14.3 Å². The number of anilines is 1. The molecule has 0 unspecified atom stereocenters. The molecule has 3 aromatic rings. The van der Waals surface area contributed by atoms with Crippen molar-refractivity contribution >= 4 is 11.8 Å². The van der Waals surface area contributed by atoms with Gasteiger partial charge in [0.2, 0.25) is 0 Å². The number of aromatic nitrogens is 2. The van der Waals surface area contributed by atoms with Crippen LogP contribution in [0.1, 0.15) is 44.0 Å². The van der Waals surface area contributed by atoms with Gasteiger partial charge in [-0.3, -0.25) is 5.32 Å². The molecule has 0 atom stereocenters. The summed E-state index contributed by atoms with van der Waals surface area (Å²) < 4.78 is 15.1. The van der Waals surface area contributed by atoms with Crippen LogP contribution >= 0.6 is 0 Å². The summed E-state index contributed by atoms with van der Waals surface area (Å²) in [4.78, 5) is 12.5. The van der Waals surface area contributed by atoms with Crippen molar-refractivity contribution in [2.24, 2.45) is 0 Å². The molecule has 3 N–H and O–H groups in total. The Kier molecular flexibility index (Phi) is 6.10. The van der Waals surface area contributed by atoms with E-state index in [2.05, 4.69) is 31.4 Å². The maximum atomic E-state index is 13.4. The molecule has 1 aromatic heterocycles. The number of urea groups is 1. The van der Waals surface area contributed by atoms with E-state index in [1.807, 2.05) is 37.3 Å². The molecule has 0 spiro atoms. The Morgan fingerprint density at radius 2 is 1.87 bits per heavy atom. The number of carbonyl (C=O) groups is 1. The average Bonchev–Trinajstić information content (AvgIpc) is 3.14. The largest absolute Gasteiger partial charge is 0.508 e. The van der Waals surface area contributed by atoms with Crippen LogP contribution in [0.2, 0.25) is 0 Å². The van der Waals surface area contributed by atoms with Crippen molar-refractivity contribution in [3.63, 3.8) is 0 Å². The summed E-state index contributed by atoms with van der Waals surface area (Å²) in [5, 5.41) is 20.0. The second kappa shape index (κ2) is 8.57. The molecule has 2 amide bonds. The van der Waals surface area contributed by atoms with Gasteiger partial charge in [0.25, 0.3) is 0 Å². The predicted molar refractivity (Wildman–Crippen MR) is 116 cm³/mol. The minimum Gasteiger partial charge on any atom is -0.508 e. The lowest BCUT2D eigenvalue weighted by molar-refractivity contribution is 0.251. The van der Waals surface area contributed by atoms with E-state index in [-0.39, 0.29) is 17.7 Å². The predicted octanol–water partition coefficient (Wildman–Crippen LogP) is 5.03. The first-order chi connectivity index (χ1) is 14.2. The Morgan fingerprint density at radius 1 is 1.17 bits per heavy atom. The van der Waals surface area contributed by atoms with Gasteiger partial charge in [-0.25, -0.2) is 13.9 Å². The first kappa shape index (κ1) is 21.4. The van der Waals surface area contributed by atoms with Crippen molar-refractivity contribution in [3.05, 3.63) is 71.2 Å². The Hall–Kier alpha value is -3.35.